The van der Waals surface area contributed by atoms with Crippen molar-refractivity contribution < 1.29 is 9.53 Å². The summed E-state index contributed by atoms with van der Waals surface area (Å²) < 4.78 is 5.53. The fourth-order valence-electron chi connectivity index (χ4n) is 1.84. The first-order valence-electron chi connectivity index (χ1n) is 4.99. The standard InChI is InChI=1S/C11H13ClN2O2/c1-6-3-4-7(12)10-9(6)14(2)11(15)8(5-13)16-10/h3-4,8H,5,13H2,1-2H3. The van der Waals surface area contributed by atoms with Gasteiger partial charge in [-0.2, -0.15) is 0 Å². The summed E-state index contributed by atoms with van der Waals surface area (Å²) in [4.78, 5) is 13.4. The van der Waals surface area contributed by atoms with Crippen LogP contribution in [0, 0.1) is 6.92 Å². The Morgan fingerprint density at radius 1 is 1.56 bits per heavy atom. The van der Waals surface area contributed by atoms with Crippen molar-refractivity contribution in [3.05, 3.63) is 22.7 Å². The molecule has 1 aliphatic rings. The van der Waals surface area contributed by atoms with E-state index in [-0.39, 0.29) is 12.5 Å². The lowest BCUT2D eigenvalue weighted by Gasteiger charge is -2.33. The average molecular weight is 241 g/mol. The minimum Gasteiger partial charge on any atom is -0.475 e. The third-order valence-electron chi connectivity index (χ3n) is 2.70. The lowest BCUT2D eigenvalue weighted by molar-refractivity contribution is -0.125. The van der Waals surface area contributed by atoms with Crippen LogP contribution in [0.2, 0.25) is 5.02 Å². The van der Waals surface area contributed by atoms with Crippen molar-refractivity contribution in [2.45, 2.75) is 13.0 Å². The molecule has 1 atom stereocenters. The molecule has 0 spiro atoms. The van der Waals surface area contributed by atoms with Crippen molar-refractivity contribution >= 4 is 23.2 Å². The minimum absolute atomic E-state index is 0.139. The fraction of sp³-hybridized carbons (Fsp3) is 0.364. The smallest absolute Gasteiger partial charge is 0.269 e. The zero-order valence-electron chi connectivity index (χ0n) is 9.16. The quantitative estimate of drug-likeness (QED) is 0.806. The lowest BCUT2D eigenvalue weighted by Crippen LogP contribution is -2.47. The van der Waals surface area contributed by atoms with E-state index >= 15 is 0 Å². The highest BCUT2D eigenvalue weighted by molar-refractivity contribution is 6.33. The van der Waals surface area contributed by atoms with Gasteiger partial charge in [0.25, 0.3) is 5.91 Å². The van der Waals surface area contributed by atoms with Crippen LogP contribution in [0.25, 0.3) is 0 Å². The summed E-state index contributed by atoms with van der Waals surface area (Å²) in [7, 11) is 1.70. The molecule has 0 bridgehead atoms. The van der Waals surface area contributed by atoms with E-state index in [2.05, 4.69) is 0 Å². The third-order valence-corrected chi connectivity index (χ3v) is 3.00. The fourth-order valence-corrected chi connectivity index (χ4v) is 2.04. The van der Waals surface area contributed by atoms with Crippen molar-refractivity contribution in [3.8, 4) is 5.75 Å². The number of likely N-dealkylation sites (N-methyl/N-ethyl adjacent to an activating group) is 1. The molecule has 0 saturated carbocycles. The maximum atomic E-state index is 11.9. The maximum Gasteiger partial charge on any atom is 0.269 e. The molecule has 2 N–H and O–H groups in total. The Morgan fingerprint density at radius 2 is 2.25 bits per heavy atom. The Labute approximate surface area is 98.9 Å². The summed E-state index contributed by atoms with van der Waals surface area (Å²) in [5.41, 5.74) is 7.16. The van der Waals surface area contributed by atoms with Gasteiger partial charge in [0.2, 0.25) is 0 Å². The first-order valence-corrected chi connectivity index (χ1v) is 5.37. The number of rotatable bonds is 1. The summed E-state index contributed by atoms with van der Waals surface area (Å²) in [6.45, 7) is 2.05. The van der Waals surface area contributed by atoms with E-state index in [0.29, 0.717) is 10.8 Å². The van der Waals surface area contributed by atoms with Crippen molar-refractivity contribution in [1.29, 1.82) is 0 Å². The van der Waals surface area contributed by atoms with Gasteiger partial charge in [0.05, 0.1) is 10.7 Å². The monoisotopic (exact) mass is 240 g/mol. The number of benzene rings is 1. The van der Waals surface area contributed by atoms with Crippen LogP contribution in [-0.4, -0.2) is 25.6 Å². The van der Waals surface area contributed by atoms with Crippen LogP contribution < -0.4 is 15.4 Å². The van der Waals surface area contributed by atoms with E-state index < -0.39 is 6.10 Å². The van der Waals surface area contributed by atoms with Crippen LogP contribution in [0.1, 0.15) is 5.56 Å². The highest BCUT2D eigenvalue weighted by Gasteiger charge is 2.33. The van der Waals surface area contributed by atoms with Gasteiger partial charge in [-0.15, -0.1) is 0 Å². The predicted octanol–water partition coefficient (Wildman–Crippen LogP) is 1.33. The number of carbonyl (C=O) groups is 1. The van der Waals surface area contributed by atoms with Gasteiger partial charge in [-0.1, -0.05) is 17.7 Å². The topological polar surface area (TPSA) is 55.6 Å². The summed E-state index contributed by atoms with van der Waals surface area (Å²) >= 11 is 6.05. The van der Waals surface area contributed by atoms with Gasteiger partial charge in [-0.05, 0) is 18.6 Å². The normalized spacial score (nSPS) is 19.4. The van der Waals surface area contributed by atoms with E-state index in [4.69, 9.17) is 22.1 Å². The van der Waals surface area contributed by atoms with Gasteiger partial charge < -0.3 is 15.4 Å². The van der Waals surface area contributed by atoms with Crippen LogP contribution in [0.3, 0.4) is 0 Å². The molecule has 0 aromatic heterocycles. The van der Waals surface area contributed by atoms with Gasteiger partial charge >= 0.3 is 0 Å². The molecule has 1 aromatic rings. The molecule has 1 aromatic carbocycles. The van der Waals surface area contributed by atoms with Gasteiger partial charge in [0, 0.05) is 13.6 Å². The van der Waals surface area contributed by atoms with E-state index in [1.54, 1.807) is 18.0 Å². The molecular weight excluding hydrogens is 228 g/mol. The number of halogens is 1. The van der Waals surface area contributed by atoms with Crippen LogP contribution in [0.5, 0.6) is 5.75 Å². The van der Waals surface area contributed by atoms with E-state index in [0.717, 1.165) is 11.3 Å². The van der Waals surface area contributed by atoms with Crippen molar-refractivity contribution in [2.24, 2.45) is 5.73 Å². The molecule has 5 heteroatoms. The number of hydrogen-bond acceptors (Lipinski definition) is 3. The zero-order chi connectivity index (χ0) is 11.9. The summed E-state index contributed by atoms with van der Waals surface area (Å²) in [5, 5.41) is 0.499. The highest BCUT2D eigenvalue weighted by atomic mass is 35.5. The van der Waals surface area contributed by atoms with E-state index in [1.807, 2.05) is 13.0 Å². The van der Waals surface area contributed by atoms with E-state index in [1.165, 1.54) is 0 Å². The second kappa shape index (κ2) is 3.96. The molecule has 86 valence electrons. The highest BCUT2D eigenvalue weighted by Crippen LogP contribution is 2.41. The molecule has 0 radical (unpaired) electrons. The number of hydrogen-bond donors (Lipinski definition) is 1. The molecule has 1 heterocycles. The molecule has 0 fully saturated rings. The molecule has 16 heavy (non-hydrogen) atoms. The number of anilines is 1. The number of aryl methyl sites for hydroxylation is 1. The molecule has 0 aliphatic carbocycles. The number of nitrogens with zero attached hydrogens (tertiary/aromatic N) is 1. The molecular formula is C11H13ClN2O2. The van der Waals surface area contributed by atoms with Gasteiger partial charge in [-0.25, -0.2) is 0 Å². The number of fused-ring (bicyclic) bond motifs is 1. The minimum atomic E-state index is -0.642. The molecule has 2 rings (SSSR count). The van der Waals surface area contributed by atoms with Crippen LogP contribution in [0.4, 0.5) is 5.69 Å². The van der Waals surface area contributed by atoms with Crippen molar-refractivity contribution in [1.82, 2.24) is 0 Å². The molecule has 1 unspecified atom stereocenters. The second-order valence-corrected chi connectivity index (χ2v) is 4.19. The molecule has 0 saturated heterocycles. The Hall–Kier alpha value is -1.26. The van der Waals surface area contributed by atoms with Crippen LogP contribution in [0.15, 0.2) is 12.1 Å². The third kappa shape index (κ3) is 1.54. The summed E-state index contributed by atoms with van der Waals surface area (Å²) in [6.07, 6.45) is -0.642. The van der Waals surface area contributed by atoms with E-state index in [9.17, 15) is 4.79 Å². The first kappa shape index (κ1) is 11.2. The second-order valence-electron chi connectivity index (χ2n) is 3.78. The summed E-state index contributed by atoms with van der Waals surface area (Å²) in [6, 6.07) is 3.62. The maximum absolute atomic E-state index is 11.9. The van der Waals surface area contributed by atoms with Crippen molar-refractivity contribution in [3.63, 3.8) is 0 Å². The van der Waals surface area contributed by atoms with Gasteiger partial charge in [0.15, 0.2) is 11.9 Å². The van der Waals surface area contributed by atoms with Crippen LogP contribution >= 0.6 is 11.6 Å². The largest absolute Gasteiger partial charge is 0.475 e. The Kier molecular flexibility index (Phi) is 2.78. The number of nitrogens with two attached hydrogens (primary N) is 1. The van der Waals surface area contributed by atoms with Gasteiger partial charge in [-0.3, -0.25) is 4.79 Å². The number of carbonyl (C=O) groups excluding carboxylic acids is 1. The van der Waals surface area contributed by atoms with Crippen molar-refractivity contribution in [2.75, 3.05) is 18.5 Å². The average Bonchev–Trinajstić information content (AvgIpc) is 2.27. The number of ether oxygens (including phenoxy) is 1. The number of amides is 1. The molecule has 1 aliphatic heterocycles. The molecule has 1 amide bonds. The lowest BCUT2D eigenvalue weighted by atomic mass is 10.1. The Balaban J connectivity index is 2.58. The Bertz CT molecular complexity index is 448. The SMILES string of the molecule is Cc1ccc(Cl)c2c1N(C)C(=O)C(CN)O2. The van der Waals surface area contributed by atoms with Crippen LogP contribution in [-0.2, 0) is 4.79 Å². The van der Waals surface area contributed by atoms with Gasteiger partial charge in [0.1, 0.15) is 0 Å². The summed E-state index contributed by atoms with van der Waals surface area (Å²) in [5.74, 6) is 0.402. The first-order chi connectivity index (χ1) is 7.56. The predicted molar refractivity (Wildman–Crippen MR) is 63.1 cm³/mol. The molecule has 4 nitrogen and oxygen atoms in total. The zero-order valence-corrected chi connectivity index (χ0v) is 9.91. The Morgan fingerprint density at radius 3 is 2.88 bits per heavy atom.